The van der Waals surface area contributed by atoms with Gasteiger partial charge in [-0.1, -0.05) is 85.7 Å². The van der Waals surface area contributed by atoms with Gasteiger partial charge in [0, 0.05) is 0 Å². The lowest BCUT2D eigenvalue weighted by Gasteiger charge is -2.18. The molecule has 0 aromatic heterocycles. The van der Waals surface area contributed by atoms with E-state index in [0.29, 0.717) is 23.7 Å². The molecule has 0 bridgehead atoms. The Morgan fingerprint density at radius 2 is 0.800 bits per heavy atom. The highest BCUT2D eigenvalue weighted by molar-refractivity contribution is 5.42. The molecule has 0 radical (unpaired) electrons. The second-order valence-electron chi connectivity index (χ2n) is 11.3. The third-order valence-electron chi connectivity index (χ3n) is 5.75. The molecule has 30 heavy (non-hydrogen) atoms. The standard InChI is InChI=1S/C30H46/c1-20(2)10-25-14-26(11-21(3)4)16-27(15-25)17-28-18-29(12-22(5)6)24(9)30(19-28)13-23(7)8/h14-16,18-23H,10-13,17H2,1-9H3. The summed E-state index contributed by atoms with van der Waals surface area (Å²) in [6.45, 7) is 21.0. The van der Waals surface area contributed by atoms with Gasteiger partial charge in [0.15, 0.2) is 0 Å². The van der Waals surface area contributed by atoms with Crippen LogP contribution in [0.25, 0.3) is 0 Å². The summed E-state index contributed by atoms with van der Waals surface area (Å²) in [5, 5.41) is 0. The maximum Gasteiger partial charge on any atom is -0.00254 e. The van der Waals surface area contributed by atoms with Crippen molar-refractivity contribution in [3.63, 3.8) is 0 Å². The predicted octanol–water partition coefficient (Wildman–Crippen LogP) is 8.38. The molecule has 0 spiro atoms. The van der Waals surface area contributed by atoms with E-state index in [4.69, 9.17) is 0 Å². The van der Waals surface area contributed by atoms with E-state index in [1.807, 2.05) is 0 Å². The van der Waals surface area contributed by atoms with Crippen LogP contribution in [0.15, 0.2) is 30.3 Å². The van der Waals surface area contributed by atoms with Crippen molar-refractivity contribution in [1.29, 1.82) is 0 Å². The summed E-state index contributed by atoms with van der Waals surface area (Å²) in [6.07, 6.45) is 5.75. The fraction of sp³-hybridized carbons (Fsp3) is 0.600. The number of rotatable bonds is 10. The third-order valence-corrected chi connectivity index (χ3v) is 5.75. The van der Waals surface area contributed by atoms with Crippen LogP contribution in [0.2, 0.25) is 0 Å². The Hall–Kier alpha value is -1.56. The second-order valence-corrected chi connectivity index (χ2v) is 11.3. The highest BCUT2D eigenvalue weighted by atomic mass is 14.2. The van der Waals surface area contributed by atoms with Gasteiger partial charge in [0.25, 0.3) is 0 Å². The van der Waals surface area contributed by atoms with Crippen LogP contribution in [-0.2, 0) is 32.1 Å². The highest BCUT2D eigenvalue weighted by Crippen LogP contribution is 2.26. The van der Waals surface area contributed by atoms with Gasteiger partial charge in [-0.3, -0.25) is 0 Å². The molecule has 0 aliphatic carbocycles. The molecule has 0 atom stereocenters. The molecule has 2 rings (SSSR count). The van der Waals surface area contributed by atoms with Gasteiger partial charge in [0.1, 0.15) is 0 Å². The molecule has 166 valence electrons. The Balaban J connectivity index is 2.43. The van der Waals surface area contributed by atoms with Crippen LogP contribution in [0.4, 0.5) is 0 Å². The molecule has 0 heterocycles. The summed E-state index contributed by atoms with van der Waals surface area (Å²) in [5.41, 5.74) is 10.6. The highest BCUT2D eigenvalue weighted by Gasteiger charge is 2.12. The fourth-order valence-corrected chi connectivity index (χ4v) is 4.67. The molecule has 0 N–H and O–H groups in total. The Morgan fingerprint density at radius 1 is 0.467 bits per heavy atom. The van der Waals surface area contributed by atoms with Gasteiger partial charge in [0.05, 0.1) is 0 Å². The van der Waals surface area contributed by atoms with E-state index in [-0.39, 0.29) is 0 Å². The predicted molar refractivity (Wildman–Crippen MR) is 135 cm³/mol. The van der Waals surface area contributed by atoms with E-state index in [2.05, 4.69) is 92.6 Å². The first-order chi connectivity index (χ1) is 14.0. The van der Waals surface area contributed by atoms with Gasteiger partial charge in [0.2, 0.25) is 0 Å². The van der Waals surface area contributed by atoms with Crippen molar-refractivity contribution in [3.05, 3.63) is 69.3 Å². The maximum atomic E-state index is 2.50. The van der Waals surface area contributed by atoms with Crippen LogP contribution in [0, 0.1) is 30.6 Å². The molecular formula is C30H46. The number of hydrogen-bond donors (Lipinski definition) is 0. The number of benzene rings is 2. The first-order valence-electron chi connectivity index (χ1n) is 12.3. The second kappa shape index (κ2) is 11.2. The lowest BCUT2D eigenvalue weighted by molar-refractivity contribution is 0.630. The summed E-state index contributed by atoms with van der Waals surface area (Å²) in [6, 6.07) is 12.4. The van der Waals surface area contributed by atoms with Crippen LogP contribution in [-0.4, -0.2) is 0 Å². The zero-order chi connectivity index (χ0) is 22.4. The minimum atomic E-state index is 0.692. The summed E-state index contributed by atoms with van der Waals surface area (Å²) in [5.74, 6) is 2.78. The molecule has 0 aliphatic rings. The minimum Gasteiger partial charge on any atom is -0.0625 e. The van der Waals surface area contributed by atoms with Crippen molar-refractivity contribution in [2.45, 2.75) is 94.4 Å². The Kier molecular flexibility index (Phi) is 9.20. The van der Waals surface area contributed by atoms with Crippen molar-refractivity contribution in [3.8, 4) is 0 Å². The molecule has 2 aromatic rings. The van der Waals surface area contributed by atoms with Gasteiger partial charge in [-0.2, -0.15) is 0 Å². The average molecular weight is 407 g/mol. The smallest absolute Gasteiger partial charge is 0.00254 e. The summed E-state index contributed by atoms with van der Waals surface area (Å²) >= 11 is 0. The van der Waals surface area contributed by atoms with Crippen LogP contribution in [0.1, 0.15) is 94.3 Å². The molecule has 0 saturated carbocycles. The van der Waals surface area contributed by atoms with Crippen LogP contribution >= 0.6 is 0 Å². The largest absolute Gasteiger partial charge is 0.0625 e. The van der Waals surface area contributed by atoms with Crippen molar-refractivity contribution < 1.29 is 0 Å². The quantitative estimate of drug-likeness (QED) is 0.371. The van der Waals surface area contributed by atoms with Gasteiger partial charge < -0.3 is 0 Å². The Labute approximate surface area is 187 Å². The zero-order valence-electron chi connectivity index (χ0n) is 21.2. The van der Waals surface area contributed by atoms with Gasteiger partial charge in [-0.05, 0) is 102 Å². The molecule has 0 nitrogen and oxygen atoms in total. The normalized spacial score (nSPS) is 12.0. The van der Waals surface area contributed by atoms with Crippen LogP contribution < -0.4 is 0 Å². The van der Waals surface area contributed by atoms with E-state index >= 15 is 0 Å². The van der Waals surface area contributed by atoms with Gasteiger partial charge in [-0.25, -0.2) is 0 Å². The van der Waals surface area contributed by atoms with Gasteiger partial charge in [-0.15, -0.1) is 0 Å². The molecule has 0 amide bonds. The first kappa shape index (κ1) is 24.7. The molecule has 0 heteroatoms. The van der Waals surface area contributed by atoms with Crippen molar-refractivity contribution in [2.75, 3.05) is 0 Å². The summed E-state index contributed by atoms with van der Waals surface area (Å²) < 4.78 is 0. The molecule has 0 unspecified atom stereocenters. The third kappa shape index (κ3) is 7.93. The first-order valence-corrected chi connectivity index (χ1v) is 12.3. The average Bonchev–Trinajstić information content (AvgIpc) is 2.56. The monoisotopic (exact) mass is 406 g/mol. The van der Waals surface area contributed by atoms with E-state index < -0.39 is 0 Å². The molecule has 2 aromatic carbocycles. The molecule has 0 fully saturated rings. The van der Waals surface area contributed by atoms with E-state index in [1.165, 1.54) is 53.5 Å². The van der Waals surface area contributed by atoms with Crippen molar-refractivity contribution in [1.82, 2.24) is 0 Å². The fourth-order valence-electron chi connectivity index (χ4n) is 4.67. The Bertz CT molecular complexity index is 746. The lowest BCUT2D eigenvalue weighted by atomic mass is 9.87. The van der Waals surface area contributed by atoms with E-state index in [1.54, 1.807) is 11.1 Å². The van der Waals surface area contributed by atoms with Crippen LogP contribution in [0.3, 0.4) is 0 Å². The maximum absolute atomic E-state index is 2.50. The molecule has 0 aliphatic heterocycles. The van der Waals surface area contributed by atoms with Crippen molar-refractivity contribution in [2.24, 2.45) is 23.7 Å². The summed E-state index contributed by atoms with van der Waals surface area (Å²) in [4.78, 5) is 0. The molecule has 0 saturated heterocycles. The number of hydrogen-bond acceptors (Lipinski definition) is 0. The summed E-state index contributed by atoms with van der Waals surface area (Å²) in [7, 11) is 0. The zero-order valence-corrected chi connectivity index (χ0v) is 21.2. The van der Waals surface area contributed by atoms with E-state index in [9.17, 15) is 0 Å². The van der Waals surface area contributed by atoms with Crippen molar-refractivity contribution >= 4 is 0 Å². The van der Waals surface area contributed by atoms with Gasteiger partial charge >= 0.3 is 0 Å². The van der Waals surface area contributed by atoms with Crippen LogP contribution in [0.5, 0.6) is 0 Å². The Morgan fingerprint density at radius 3 is 1.17 bits per heavy atom. The molecular weight excluding hydrogens is 360 g/mol. The minimum absolute atomic E-state index is 0.692. The topological polar surface area (TPSA) is 0 Å². The SMILES string of the molecule is Cc1c(CC(C)C)cc(Cc2cc(CC(C)C)cc(CC(C)C)c2)cc1CC(C)C. The lowest BCUT2D eigenvalue weighted by Crippen LogP contribution is -2.06. The van der Waals surface area contributed by atoms with E-state index in [0.717, 1.165) is 6.42 Å².